The van der Waals surface area contributed by atoms with E-state index in [4.69, 9.17) is 14.2 Å². The summed E-state index contributed by atoms with van der Waals surface area (Å²) in [6.45, 7) is 1.84. The monoisotopic (exact) mass is 321 g/mol. The molecule has 1 aromatic carbocycles. The molecule has 126 valence electrons. The Balaban J connectivity index is 1.69. The van der Waals surface area contributed by atoms with Gasteiger partial charge in [-0.3, -0.25) is 4.79 Å². The topological polar surface area (TPSA) is 73.9 Å². The van der Waals surface area contributed by atoms with Crippen molar-refractivity contribution in [3.05, 3.63) is 24.3 Å². The number of ether oxygens (including phenoxy) is 3. The second-order valence-electron chi connectivity index (χ2n) is 5.38. The Morgan fingerprint density at radius 1 is 1.09 bits per heavy atom. The van der Waals surface area contributed by atoms with Crippen LogP contribution in [0.4, 0.5) is 0 Å². The van der Waals surface area contributed by atoms with Gasteiger partial charge in [-0.05, 0) is 31.9 Å². The second-order valence-corrected chi connectivity index (χ2v) is 5.38. The third-order valence-corrected chi connectivity index (χ3v) is 3.58. The van der Waals surface area contributed by atoms with Gasteiger partial charge in [-0.25, -0.2) is 4.79 Å². The molecule has 0 bridgehead atoms. The molecule has 0 aliphatic heterocycles. The van der Waals surface area contributed by atoms with E-state index in [1.165, 1.54) is 0 Å². The zero-order chi connectivity index (χ0) is 16.5. The van der Waals surface area contributed by atoms with Crippen LogP contribution >= 0.6 is 0 Å². The average molecular weight is 321 g/mol. The van der Waals surface area contributed by atoms with Crippen molar-refractivity contribution in [1.82, 2.24) is 5.32 Å². The largest absolute Gasteiger partial charge is 0.490 e. The number of amides is 1. The third kappa shape index (κ3) is 5.81. The summed E-state index contributed by atoms with van der Waals surface area (Å²) in [5.74, 6) is 0.196. The van der Waals surface area contributed by atoms with Crippen molar-refractivity contribution in [3.63, 3.8) is 0 Å². The van der Waals surface area contributed by atoms with E-state index in [2.05, 4.69) is 5.32 Å². The van der Waals surface area contributed by atoms with E-state index in [0.717, 1.165) is 25.7 Å². The molecule has 2 rings (SSSR count). The maximum atomic E-state index is 11.7. The number of rotatable bonds is 8. The average Bonchev–Trinajstić information content (AvgIpc) is 3.05. The summed E-state index contributed by atoms with van der Waals surface area (Å²) >= 11 is 0. The highest BCUT2D eigenvalue weighted by atomic mass is 16.6. The summed E-state index contributed by atoms with van der Waals surface area (Å²) in [4.78, 5) is 23.3. The van der Waals surface area contributed by atoms with Crippen molar-refractivity contribution >= 4 is 11.9 Å². The van der Waals surface area contributed by atoms with E-state index in [1.807, 2.05) is 13.0 Å². The predicted molar refractivity (Wildman–Crippen MR) is 84.5 cm³/mol. The molecule has 0 unspecified atom stereocenters. The van der Waals surface area contributed by atoms with Gasteiger partial charge in [0, 0.05) is 6.04 Å². The van der Waals surface area contributed by atoms with Gasteiger partial charge in [0.2, 0.25) is 0 Å². The number of nitrogens with one attached hydrogen (secondary N) is 1. The van der Waals surface area contributed by atoms with Crippen LogP contribution in [0.3, 0.4) is 0 Å². The first kappa shape index (κ1) is 17.1. The summed E-state index contributed by atoms with van der Waals surface area (Å²) in [7, 11) is 0. The lowest BCUT2D eigenvalue weighted by Crippen LogP contribution is -2.36. The summed E-state index contributed by atoms with van der Waals surface area (Å²) < 4.78 is 15.7. The van der Waals surface area contributed by atoms with Crippen LogP contribution in [0, 0.1) is 0 Å². The molecule has 0 heterocycles. The Bertz CT molecular complexity index is 525. The van der Waals surface area contributed by atoms with Gasteiger partial charge in [-0.2, -0.15) is 0 Å². The van der Waals surface area contributed by atoms with E-state index >= 15 is 0 Å². The molecule has 0 saturated heterocycles. The van der Waals surface area contributed by atoms with Crippen LogP contribution < -0.4 is 14.8 Å². The number of carbonyl (C=O) groups is 2. The molecule has 1 aliphatic carbocycles. The normalized spacial score (nSPS) is 14.3. The summed E-state index contributed by atoms with van der Waals surface area (Å²) in [6, 6.07) is 7.31. The SMILES string of the molecule is CCOc1ccccc1OCC(=O)OCC(=O)NC1CCCC1. The van der Waals surface area contributed by atoms with E-state index < -0.39 is 5.97 Å². The molecule has 1 aromatic rings. The molecule has 6 heteroatoms. The molecular formula is C17H23NO5. The molecule has 6 nitrogen and oxygen atoms in total. The molecule has 0 atom stereocenters. The van der Waals surface area contributed by atoms with Gasteiger partial charge in [-0.1, -0.05) is 25.0 Å². The Morgan fingerprint density at radius 2 is 1.74 bits per heavy atom. The molecule has 0 aromatic heterocycles. The minimum atomic E-state index is -0.585. The van der Waals surface area contributed by atoms with Crippen molar-refractivity contribution in [3.8, 4) is 11.5 Å². The molecular weight excluding hydrogens is 298 g/mol. The lowest BCUT2D eigenvalue weighted by Gasteiger charge is -2.13. The molecule has 1 saturated carbocycles. The first-order valence-corrected chi connectivity index (χ1v) is 7.98. The second kappa shape index (κ2) is 9.02. The Morgan fingerprint density at radius 3 is 2.39 bits per heavy atom. The number of hydrogen-bond acceptors (Lipinski definition) is 5. The lowest BCUT2D eigenvalue weighted by molar-refractivity contribution is -0.150. The maximum absolute atomic E-state index is 11.7. The minimum Gasteiger partial charge on any atom is -0.490 e. The Labute approximate surface area is 136 Å². The van der Waals surface area contributed by atoms with E-state index in [0.29, 0.717) is 18.1 Å². The number of hydrogen-bond donors (Lipinski definition) is 1. The highest BCUT2D eigenvalue weighted by Crippen LogP contribution is 2.26. The summed E-state index contributed by atoms with van der Waals surface area (Å²) in [6.07, 6.45) is 4.27. The van der Waals surface area contributed by atoms with Gasteiger partial charge in [0.25, 0.3) is 5.91 Å². The van der Waals surface area contributed by atoms with E-state index in [1.54, 1.807) is 18.2 Å². The smallest absolute Gasteiger partial charge is 0.344 e. The zero-order valence-corrected chi connectivity index (χ0v) is 13.4. The Hall–Kier alpha value is -2.24. The fourth-order valence-corrected chi connectivity index (χ4v) is 2.51. The molecule has 1 fully saturated rings. The van der Waals surface area contributed by atoms with Gasteiger partial charge in [0.15, 0.2) is 24.7 Å². The molecule has 0 radical (unpaired) electrons. The van der Waals surface area contributed by atoms with Crippen LogP contribution in [-0.4, -0.2) is 37.7 Å². The third-order valence-electron chi connectivity index (χ3n) is 3.58. The standard InChI is InChI=1S/C17H23NO5/c1-2-21-14-9-5-6-10-15(14)22-12-17(20)23-11-16(19)18-13-7-3-4-8-13/h5-6,9-10,13H,2-4,7-8,11-12H2,1H3,(H,18,19). The van der Waals surface area contributed by atoms with Crippen molar-refractivity contribution < 1.29 is 23.8 Å². The van der Waals surface area contributed by atoms with Crippen LogP contribution in [0.25, 0.3) is 0 Å². The fourth-order valence-electron chi connectivity index (χ4n) is 2.51. The summed E-state index contributed by atoms with van der Waals surface area (Å²) in [5, 5.41) is 2.86. The number of benzene rings is 1. The van der Waals surface area contributed by atoms with Gasteiger partial charge in [0.1, 0.15) is 0 Å². The Kier molecular flexibility index (Phi) is 6.72. The van der Waals surface area contributed by atoms with Gasteiger partial charge >= 0.3 is 5.97 Å². The number of para-hydroxylation sites is 2. The van der Waals surface area contributed by atoms with Crippen molar-refractivity contribution in [2.45, 2.75) is 38.6 Å². The highest BCUT2D eigenvalue weighted by molar-refractivity contribution is 5.81. The van der Waals surface area contributed by atoms with Crippen LogP contribution in [0.1, 0.15) is 32.6 Å². The van der Waals surface area contributed by atoms with E-state index in [-0.39, 0.29) is 25.2 Å². The number of carbonyl (C=O) groups excluding carboxylic acids is 2. The molecule has 1 N–H and O–H groups in total. The highest BCUT2D eigenvalue weighted by Gasteiger charge is 2.18. The van der Waals surface area contributed by atoms with Gasteiger partial charge < -0.3 is 19.5 Å². The fraction of sp³-hybridized carbons (Fsp3) is 0.529. The van der Waals surface area contributed by atoms with Crippen LogP contribution in [-0.2, 0) is 14.3 Å². The first-order chi connectivity index (χ1) is 11.2. The zero-order valence-electron chi connectivity index (χ0n) is 13.4. The lowest BCUT2D eigenvalue weighted by atomic mass is 10.2. The van der Waals surface area contributed by atoms with Gasteiger partial charge in [0.05, 0.1) is 6.61 Å². The molecule has 0 spiro atoms. The van der Waals surface area contributed by atoms with Crippen molar-refractivity contribution in [2.75, 3.05) is 19.8 Å². The predicted octanol–water partition coefficient (Wildman–Crippen LogP) is 2.07. The van der Waals surface area contributed by atoms with Crippen LogP contribution in [0.5, 0.6) is 11.5 Å². The van der Waals surface area contributed by atoms with E-state index in [9.17, 15) is 9.59 Å². The van der Waals surface area contributed by atoms with Crippen LogP contribution in [0.2, 0.25) is 0 Å². The summed E-state index contributed by atoms with van der Waals surface area (Å²) in [5.41, 5.74) is 0. The van der Waals surface area contributed by atoms with Crippen molar-refractivity contribution in [1.29, 1.82) is 0 Å². The maximum Gasteiger partial charge on any atom is 0.344 e. The number of esters is 1. The van der Waals surface area contributed by atoms with Crippen LogP contribution in [0.15, 0.2) is 24.3 Å². The molecule has 23 heavy (non-hydrogen) atoms. The minimum absolute atomic E-state index is 0.218. The molecule has 1 aliphatic rings. The molecule has 1 amide bonds. The van der Waals surface area contributed by atoms with Crippen molar-refractivity contribution in [2.24, 2.45) is 0 Å². The first-order valence-electron chi connectivity index (χ1n) is 7.98. The quantitative estimate of drug-likeness (QED) is 0.742. The van der Waals surface area contributed by atoms with Gasteiger partial charge in [-0.15, -0.1) is 0 Å².